The van der Waals surface area contributed by atoms with E-state index in [1.165, 1.54) is 10.7 Å². The monoisotopic (exact) mass is 453 g/mol. The largest absolute Gasteiger partial charge is 0.334 e. The van der Waals surface area contributed by atoms with Gasteiger partial charge in [0.05, 0.1) is 17.1 Å². The van der Waals surface area contributed by atoms with Gasteiger partial charge in [-0.15, -0.1) is 0 Å². The minimum Gasteiger partial charge on any atom is -0.334 e. The van der Waals surface area contributed by atoms with E-state index < -0.39 is 6.04 Å². The van der Waals surface area contributed by atoms with E-state index in [1.54, 1.807) is 13.0 Å². The number of aryl methyl sites for hydroxylation is 3. The molecule has 0 fully saturated rings. The van der Waals surface area contributed by atoms with Gasteiger partial charge in [-0.05, 0) is 38.8 Å². The maximum Gasteiger partial charge on any atom is 0.267 e. The van der Waals surface area contributed by atoms with Gasteiger partial charge in [0.25, 0.3) is 5.56 Å². The van der Waals surface area contributed by atoms with Crippen LogP contribution in [0.5, 0.6) is 0 Å². The molecule has 1 atom stereocenters. The first-order valence-electron chi connectivity index (χ1n) is 11.6. The Hall–Kier alpha value is -4.00. The quantitative estimate of drug-likeness (QED) is 0.478. The van der Waals surface area contributed by atoms with Crippen LogP contribution in [-0.2, 0) is 17.8 Å². The number of hydrogen-bond donors (Lipinski definition) is 1. The second-order valence-corrected chi connectivity index (χ2v) is 8.77. The third-order valence-electron chi connectivity index (χ3n) is 6.29. The maximum atomic E-state index is 13.2. The molecule has 1 amide bonds. The fourth-order valence-electron chi connectivity index (χ4n) is 4.29. The van der Waals surface area contributed by atoms with E-state index in [1.807, 2.05) is 55.5 Å². The third-order valence-corrected chi connectivity index (χ3v) is 6.29. The topological polar surface area (TPSA) is 81.8 Å². The summed E-state index contributed by atoms with van der Waals surface area (Å²) >= 11 is 0. The van der Waals surface area contributed by atoms with Gasteiger partial charge in [0, 0.05) is 36.4 Å². The van der Waals surface area contributed by atoms with Gasteiger partial charge in [-0.2, -0.15) is 5.10 Å². The van der Waals surface area contributed by atoms with Crippen LogP contribution in [0.15, 0.2) is 71.7 Å². The molecule has 1 N–H and O–H groups in total. The zero-order valence-electron chi connectivity index (χ0n) is 19.4. The Bertz CT molecular complexity index is 1380. The summed E-state index contributed by atoms with van der Waals surface area (Å²) in [7, 11) is 0. The molecule has 0 radical (unpaired) electrons. The number of fused-ring (bicyclic) bond motifs is 1. The zero-order valence-corrected chi connectivity index (χ0v) is 19.4. The highest BCUT2D eigenvalue weighted by Crippen LogP contribution is 2.29. The van der Waals surface area contributed by atoms with E-state index in [9.17, 15) is 9.59 Å². The smallest absolute Gasteiger partial charge is 0.267 e. The highest BCUT2D eigenvalue weighted by Gasteiger charge is 2.21. The van der Waals surface area contributed by atoms with E-state index in [0.29, 0.717) is 11.4 Å². The van der Waals surface area contributed by atoms with Crippen LogP contribution in [0.1, 0.15) is 37.2 Å². The van der Waals surface area contributed by atoms with Crippen LogP contribution in [0, 0.1) is 6.92 Å². The van der Waals surface area contributed by atoms with E-state index in [0.717, 1.165) is 54.0 Å². The van der Waals surface area contributed by atoms with Crippen molar-refractivity contribution in [2.45, 2.75) is 45.7 Å². The zero-order chi connectivity index (χ0) is 23.7. The summed E-state index contributed by atoms with van der Waals surface area (Å²) in [5.74, 6) is 0.770. The van der Waals surface area contributed by atoms with Crippen molar-refractivity contribution >= 4 is 11.6 Å². The van der Waals surface area contributed by atoms with Crippen molar-refractivity contribution < 1.29 is 4.79 Å². The first-order chi connectivity index (χ1) is 16.5. The van der Waals surface area contributed by atoms with E-state index in [2.05, 4.69) is 21.2 Å². The average molecular weight is 454 g/mol. The summed E-state index contributed by atoms with van der Waals surface area (Å²) in [6.07, 6.45) is 5.33. The summed E-state index contributed by atoms with van der Waals surface area (Å²) in [4.78, 5) is 30.6. The minimum atomic E-state index is -0.791. The number of benzene rings is 2. The molecular formula is C27H27N5O2. The van der Waals surface area contributed by atoms with E-state index >= 15 is 0 Å². The number of anilines is 1. The van der Waals surface area contributed by atoms with Crippen molar-refractivity contribution in [3.05, 3.63) is 88.6 Å². The molecule has 4 aromatic rings. The molecule has 7 nitrogen and oxygen atoms in total. The standard InChI is InChI=1S/C27H27N5O2/c1-18-10-12-20(13-11-18)22-14-15-26(33)32(30-22)19(2)27(34)29-23-8-4-3-7-21(23)24-17-31-16-6-5-9-25(31)28-24/h3-4,7-8,10-15,17,19H,5-6,9,16H2,1-2H3,(H,29,34). The average Bonchev–Trinajstić information content (AvgIpc) is 3.29. The number of carbonyl (C=O) groups is 1. The highest BCUT2D eigenvalue weighted by atomic mass is 16.2. The molecule has 7 heteroatoms. The summed E-state index contributed by atoms with van der Waals surface area (Å²) in [6, 6.07) is 17.9. The summed E-state index contributed by atoms with van der Waals surface area (Å²) in [5, 5.41) is 7.48. The van der Waals surface area contributed by atoms with Crippen LogP contribution in [0.25, 0.3) is 22.5 Å². The van der Waals surface area contributed by atoms with Crippen LogP contribution in [0.4, 0.5) is 5.69 Å². The predicted octanol–water partition coefficient (Wildman–Crippen LogP) is 4.62. The minimum absolute atomic E-state index is 0.313. The molecule has 172 valence electrons. The third kappa shape index (κ3) is 4.29. The lowest BCUT2D eigenvalue weighted by Gasteiger charge is -2.16. The molecule has 1 aliphatic heterocycles. The van der Waals surface area contributed by atoms with Gasteiger partial charge in [-0.3, -0.25) is 9.59 Å². The second-order valence-electron chi connectivity index (χ2n) is 8.77. The van der Waals surface area contributed by atoms with Crippen molar-refractivity contribution in [2.75, 3.05) is 5.32 Å². The van der Waals surface area contributed by atoms with E-state index in [-0.39, 0.29) is 11.5 Å². The van der Waals surface area contributed by atoms with Gasteiger partial charge in [0.2, 0.25) is 5.91 Å². The van der Waals surface area contributed by atoms with Gasteiger partial charge >= 0.3 is 0 Å². The number of rotatable bonds is 5. The molecule has 1 unspecified atom stereocenters. The van der Waals surface area contributed by atoms with Crippen LogP contribution >= 0.6 is 0 Å². The highest BCUT2D eigenvalue weighted by molar-refractivity contribution is 5.97. The summed E-state index contributed by atoms with van der Waals surface area (Å²) in [6.45, 7) is 4.67. The molecule has 34 heavy (non-hydrogen) atoms. The fraction of sp³-hybridized carbons (Fsp3) is 0.259. The number of carbonyl (C=O) groups excluding carboxylic acids is 1. The van der Waals surface area contributed by atoms with Gasteiger partial charge in [-0.1, -0.05) is 48.0 Å². The number of hydrogen-bond acceptors (Lipinski definition) is 4. The molecule has 2 aromatic carbocycles. The molecule has 0 spiro atoms. The Balaban J connectivity index is 1.41. The maximum absolute atomic E-state index is 13.2. The Morgan fingerprint density at radius 3 is 2.59 bits per heavy atom. The number of nitrogens with one attached hydrogen (secondary N) is 1. The van der Waals surface area contributed by atoms with Crippen molar-refractivity contribution in [3.63, 3.8) is 0 Å². The second kappa shape index (κ2) is 9.09. The molecule has 2 aromatic heterocycles. The van der Waals surface area contributed by atoms with Gasteiger partial charge in [0.1, 0.15) is 11.9 Å². The van der Waals surface area contributed by atoms with Crippen LogP contribution in [0.2, 0.25) is 0 Å². The number of imidazole rings is 1. The number of aromatic nitrogens is 4. The molecular weight excluding hydrogens is 426 g/mol. The Morgan fingerprint density at radius 2 is 1.79 bits per heavy atom. The van der Waals surface area contributed by atoms with Gasteiger partial charge in [-0.25, -0.2) is 9.67 Å². The number of para-hydroxylation sites is 1. The first-order valence-corrected chi connectivity index (χ1v) is 11.6. The first kappa shape index (κ1) is 21.8. The predicted molar refractivity (Wildman–Crippen MR) is 133 cm³/mol. The molecule has 0 bridgehead atoms. The van der Waals surface area contributed by atoms with Crippen molar-refractivity contribution in [1.29, 1.82) is 0 Å². The van der Waals surface area contributed by atoms with Crippen LogP contribution < -0.4 is 10.9 Å². The number of amides is 1. The van der Waals surface area contributed by atoms with Crippen LogP contribution in [-0.4, -0.2) is 25.2 Å². The summed E-state index contributed by atoms with van der Waals surface area (Å²) < 4.78 is 3.43. The molecule has 3 heterocycles. The van der Waals surface area contributed by atoms with Gasteiger partial charge < -0.3 is 9.88 Å². The Kier molecular flexibility index (Phi) is 5.84. The van der Waals surface area contributed by atoms with Crippen molar-refractivity contribution in [1.82, 2.24) is 19.3 Å². The van der Waals surface area contributed by atoms with Crippen molar-refractivity contribution in [2.24, 2.45) is 0 Å². The van der Waals surface area contributed by atoms with Crippen LogP contribution in [0.3, 0.4) is 0 Å². The molecule has 5 rings (SSSR count). The molecule has 0 saturated carbocycles. The lowest BCUT2D eigenvalue weighted by molar-refractivity contribution is -0.119. The molecule has 0 saturated heterocycles. The summed E-state index contributed by atoms with van der Waals surface area (Å²) in [5.41, 5.74) is 4.72. The lowest BCUT2D eigenvalue weighted by Crippen LogP contribution is -2.33. The SMILES string of the molecule is Cc1ccc(-c2ccc(=O)n(C(C)C(=O)Nc3ccccc3-c3cn4c(n3)CCCC4)n2)cc1. The normalized spacial score (nSPS) is 13.8. The number of nitrogens with zero attached hydrogens (tertiary/aromatic N) is 4. The Morgan fingerprint density at radius 1 is 1.00 bits per heavy atom. The van der Waals surface area contributed by atoms with Gasteiger partial charge in [0.15, 0.2) is 0 Å². The molecule has 1 aliphatic rings. The lowest BCUT2D eigenvalue weighted by atomic mass is 10.1. The van der Waals surface area contributed by atoms with E-state index in [4.69, 9.17) is 4.98 Å². The van der Waals surface area contributed by atoms with Crippen molar-refractivity contribution in [3.8, 4) is 22.5 Å². The fourth-order valence-corrected chi connectivity index (χ4v) is 4.29. The molecule has 0 aliphatic carbocycles. The Labute approximate surface area is 198 Å².